The Morgan fingerprint density at radius 3 is 1.47 bits per heavy atom. The number of nitro groups is 2. The number of nitro benzene ring substituents is 2. The van der Waals surface area contributed by atoms with E-state index in [-0.39, 0.29) is 16.7 Å². The van der Waals surface area contributed by atoms with Crippen LogP contribution >= 0.6 is 0 Å². The van der Waals surface area contributed by atoms with Crippen LogP contribution < -0.4 is 0 Å². The maximum absolute atomic E-state index is 14.2. The number of hydrogen-bond donors (Lipinski definition) is 2. The standard InChI is InChI=1S/C19H11F3N2O6/c20-12-3-1-9(2-4-12)17(10-5-13(21)18(25)15(7-10)23(27)28)11-6-14(22)19(26)16(8-11)24(29)30/h1-8,17,25-26H. The number of rotatable bonds is 5. The van der Waals surface area contributed by atoms with Crippen LogP contribution in [0.4, 0.5) is 24.5 Å². The third-order valence-electron chi connectivity index (χ3n) is 4.39. The third kappa shape index (κ3) is 3.72. The van der Waals surface area contributed by atoms with Gasteiger partial charge in [-0.2, -0.15) is 0 Å². The lowest BCUT2D eigenvalue weighted by Crippen LogP contribution is -2.07. The van der Waals surface area contributed by atoms with E-state index in [1.807, 2.05) is 0 Å². The van der Waals surface area contributed by atoms with Crippen LogP contribution in [0, 0.1) is 37.7 Å². The molecule has 30 heavy (non-hydrogen) atoms. The molecule has 0 aliphatic carbocycles. The first-order valence-electron chi connectivity index (χ1n) is 8.19. The number of nitrogens with zero attached hydrogens (tertiary/aromatic N) is 2. The van der Waals surface area contributed by atoms with E-state index in [1.165, 1.54) is 12.1 Å². The molecule has 0 heterocycles. The summed E-state index contributed by atoms with van der Waals surface area (Å²) in [6.45, 7) is 0. The van der Waals surface area contributed by atoms with Crippen molar-refractivity contribution in [3.8, 4) is 11.5 Å². The zero-order valence-corrected chi connectivity index (χ0v) is 14.8. The number of benzene rings is 3. The van der Waals surface area contributed by atoms with Crippen LogP contribution in [0.25, 0.3) is 0 Å². The lowest BCUT2D eigenvalue weighted by atomic mass is 9.84. The molecule has 8 nitrogen and oxygen atoms in total. The van der Waals surface area contributed by atoms with Crippen molar-refractivity contribution in [2.24, 2.45) is 0 Å². The summed E-state index contributed by atoms with van der Waals surface area (Å²) < 4.78 is 41.7. The van der Waals surface area contributed by atoms with Crippen molar-refractivity contribution in [2.75, 3.05) is 0 Å². The molecule has 0 aromatic heterocycles. The van der Waals surface area contributed by atoms with Crippen LogP contribution in [0.3, 0.4) is 0 Å². The molecule has 11 heteroatoms. The molecule has 2 N–H and O–H groups in total. The summed E-state index contributed by atoms with van der Waals surface area (Å²) in [6, 6.07) is 7.64. The van der Waals surface area contributed by atoms with Gasteiger partial charge in [0.25, 0.3) is 0 Å². The normalized spacial score (nSPS) is 10.9. The summed E-state index contributed by atoms with van der Waals surface area (Å²) in [4.78, 5) is 20.2. The van der Waals surface area contributed by atoms with Crippen LogP contribution in [-0.2, 0) is 0 Å². The van der Waals surface area contributed by atoms with Crippen LogP contribution in [0.1, 0.15) is 22.6 Å². The van der Waals surface area contributed by atoms with Crippen LogP contribution in [0.15, 0.2) is 48.5 Å². The minimum absolute atomic E-state index is 0.164. The molecule has 0 saturated carbocycles. The second-order valence-corrected chi connectivity index (χ2v) is 6.24. The fraction of sp³-hybridized carbons (Fsp3) is 0.0526. The zero-order valence-electron chi connectivity index (χ0n) is 14.8. The van der Waals surface area contributed by atoms with Crippen molar-refractivity contribution < 1.29 is 33.2 Å². The molecule has 0 saturated heterocycles. The number of aromatic hydroxyl groups is 2. The fourth-order valence-corrected chi connectivity index (χ4v) is 3.05. The molecule has 0 aliphatic heterocycles. The van der Waals surface area contributed by atoms with Gasteiger partial charge in [-0.05, 0) is 41.0 Å². The molecule has 154 valence electrons. The first kappa shape index (κ1) is 20.6. The highest BCUT2D eigenvalue weighted by atomic mass is 19.1. The highest BCUT2D eigenvalue weighted by Gasteiger charge is 2.28. The predicted octanol–water partition coefficient (Wildman–Crippen LogP) is 4.51. The smallest absolute Gasteiger partial charge is 0.314 e. The Bertz CT molecular complexity index is 1100. The number of hydrogen-bond acceptors (Lipinski definition) is 6. The van der Waals surface area contributed by atoms with Gasteiger partial charge in [0.2, 0.25) is 11.5 Å². The average molecular weight is 420 g/mol. The Morgan fingerprint density at radius 1 is 0.700 bits per heavy atom. The highest BCUT2D eigenvalue weighted by Crippen LogP contribution is 2.41. The predicted molar refractivity (Wildman–Crippen MR) is 96.8 cm³/mol. The first-order valence-corrected chi connectivity index (χ1v) is 8.19. The topological polar surface area (TPSA) is 127 Å². The second kappa shape index (κ2) is 7.70. The number of halogens is 3. The van der Waals surface area contributed by atoms with Gasteiger partial charge in [0.1, 0.15) is 5.82 Å². The van der Waals surface area contributed by atoms with E-state index in [1.54, 1.807) is 0 Å². The van der Waals surface area contributed by atoms with Gasteiger partial charge >= 0.3 is 11.4 Å². The van der Waals surface area contributed by atoms with E-state index in [0.29, 0.717) is 0 Å². The summed E-state index contributed by atoms with van der Waals surface area (Å²) >= 11 is 0. The first-order chi connectivity index (χ1) is 14.1. The van der Waals surface area contributed by atoms with Gasteiger partial charge in [-0.25, -0.2) is 13.2 Å². The summed E-state index contributed by atoms with van der Waals surface area (Å²) in [5.74, 6) is -6.99. The molecule has 3 aromatic carbocycles. The minimum atomic E-state index is -1.35. The molecule has 0 radical (unpaired) electrons. The summed E-state index contributed by atoms with van der Waals surface area (Å²) in [6.07, 6.45) is 0. The monoisotopic (exact) mass is 420 g/mol. The molecule has 0 bridgehead atoms. The van der Waals surface area contributed by atoms with E-state index < -0.39 is 56.1 Å². The van der Waals surface area contributed by atoms with Crippen molar-refractivity contribution in [3.63, 3.8) is 0 Å². The molecule has 3 rings (SSSR count). The van der Waals surface area contributed by atoms with Crippen LogP contribution in [-0.4, -0.2) is 20.1 Å². The van der Waals surface area contributed by atoms with E-state index in [2.05, 4.69) is 0 Å². The van der Waals surface area contributed by atoms with Gasteiger partial charge in [0.05, 0.1) is 9.85 Å². The maximum atomic E-state index is 14.2. The number of phenols is 2. The number of phenolic OH excluding ortho intramolecular Hbond substituents is 2. The molecule has 3 aromatic rings. The Balaban J connectivity index is 2.33. The molecule has 0 spiro atoms. The van der Waals surface area contributed by atoms with E-state index >= 15 is 0 Å². The SMILES string of the molecule is O=[N+]([O-])c1cc(C(c2ccc(F)cc2)c2cc(F)c(O)c([N+](=O)[O-])c2)cc(F)c1O. The Hall–Kier alpha value is -4.15. The van der Waals surface area contributed by atoms with Crippen molar-refractivity contribution in [3.05, 3.63) is 103 Å². The van der Waals surface area contributed by atoms with Crippen molar-refractivity contribution in [1.29, 1.82) is 0 Å². The van der Waals surface area contributed by atoms with E-state index in [9.17, 15) is 43.6 Å². The van der Waals surface area contributed by atoms with Crippen molar-refractivity contribution >= 4 is 11.4 Å². The molecular weight excluding hydrogens is 409 g/mol. The Labute approximate surface area is 165 Å². The van der Waals surface area contributed by atoms with Crippen molar-refractivity contribution in [1.82, 2.24) is 0 Å². The van der Waals surface area contributed by atoms with Gasteiger partial charge < -0.3 is 10.2 Å². The van der Waals surface area contributed by atoms with E-state index in [0.717, 1.165) is 36.4 Å². The average Bonchev–Trinajstić information content (AvgIpc) is 2.68. The quantitative estimate of drug-likeness (QED) is 0.355. The summed E-state index contributed by atoms with van der Waals surface area (Å²) in [5.41, 5.74) is -2.10. The van der Waals surface area contributed by atoms with Gasteiger partial charge in [-0.1, -0.05) is 12.1 Å². The van der Waals surface area contributed by atoms with Gasteiger partial charge in [-0.3, -0.25) is 20.2 Å². The summed E-state index contributed by atoms with van der Waals surface area (Å²) in [7, 11) is 0. The zero-order chi connectivity index (χ0) is 22.2. The molecule has 0 fully saturated rings. The van der Waals surface area contributed by atoms with Gasteiger partial charge in [-0.15, -0.1) is 0 Å². The van der Waals surface area contributed by atoms with Gasteiger partial charge in [0.15, 0.2) is 11.6 Å². The molecule has 0 amide bonds. The summed E-state index contributed by atoms with van der Waals surface area (Å²) in [5, 5.41) is 41.5. The minimum Gasteiger partial charge on any atom is -0.500 e. The molecule has 0 unspecified atom stereocenters. The molecule has 0 aliphatic rings. The Kier molecular flexibility index (Phi) is 5.28. The van der Waals surface area contributed by atoms with E-state index in [4.69, 9.17) is 0 Å². The van der Waals surface area contributed by atoms with Crippen LogP contribution in [0.5, 0.6) is 11.5 Å². The Morgan fingerprint density at radius 2 is 1.10 bits per heavy atom. The maximum Gasteiger partial charge on any atom is 0.314 e. The molecule has 0 atom stereocenters. The highest BCUT2D eigenvalue weighted by molar-refractivity contribution is 5.57. The second-order valence-electron chi connectivity index (χ2n) is 6.24. The lowest BCUT2D eigenvalue weighted by Gasteiger charge is -2.19. The largest absolute Gasteiger partial charge is 0.500 e. The fourth-order valence-electron chi connectivity index (χ4n) is 3.05. The lowest BCUT2D eigenvalue weighted by molar-refractivity contribution is -0.386. The van der Waals surface area contributed by atoms with Gasteiger partial charge in [0, 0.05) is 18.1 Å². The van der Waals surface area contributed by atoms with Crippen LogP contribution in [0.2, 0.25) is 0 Å². The van der Waals surface area contributed by atoms with Crippen molar-refractivity contribution in [2.45, 2.75) is 5.92 Å². The third-order valence-corrected chi connectivity index (χ3v) is 4.39. The molecular formula is C19H11F3N2O6.